The first-order chi connectivity index (χ1) is 10.2. The van der Waals surface area contributed by atoms with Crippen LogP contribution in [0.3, 0.4) is 0 Å². The van der Waals surface area contributed by atoms with Crippen molar-refractivity contribution in [3.05, 3.63) is 28.8 Å². The number of halogens is 2. The fraction of sp³-hybridized carbons (Fsp3) is 0.647. The zero-order valence-corrected chi connectivity index (χ0v) is 13.8. The van der Waals surface area contributed by atoms with E-state index in [0.717, 1.165) is 43.6 Å². The number of hydrogen-bond acceptors (Lipinski definition) is 2. The van der Waals surface area contributed by atoms with Crippen molar-refractivity contribution in [1.29, 1.82) is 0 Å². The molecule has 1 spiro atoms. The molecule has 3 rings (SSSR count). The van der Waals surface area contributed by atoms with E-state index in [-0.39, 0.29) is 11.7 Å². The van der Waals surface area contributed by atoms with Crippen molar-refractivity contribution >= 4 is 23.2 Å². The van der Waals surface area contributed by atoms with Crippen LogP contribution in [0.4, 0.5) is 0 Å². The Balaban J connectivity index is 1.73. The van der Waals surface area contributed by atoms with Crippen LogP contribution >= 0.6 is 23.2 Å². The Morgan fingerprint density at radius 2 is 2.05 bits per heavy atom. The largest absolute Gasteiger partial charge is 0.488 e. The average Bonchev–Trinajstić information content (AvgIpc) is 2.50. The van der Waals surface area contributed by atoms with E-state index in [1.807, 2.05) is 18.2 Å². The highest BCUT2D eigenvalue weighted by Crippen LogP contribution is 2.40. The summed E-state index contributed by atoms with van der Waals surface area (Å²) in [5, 5.41) is 0.650. The molecule has 1 atom stereocenters. The molecule has 1 aliphatic heterocycles. The van der Waals surface area contributed by atoms with Gasteiger partial charge in [0.2, 0.25) is 0 Å². The first kappa shape index (κ1) is 15.5. The highest BCUT2D eigenvalue weighted by atomic mass is 35.5. The van der Waals surface area contributed by atoms with Gasteiger partial charge in [0.25, 0.3) is 0 Å². The van der Waals surface area contributed by atoms with E-state index < -0.39 is 0 Å². The van der Waals surface area contributed by atoms with E-state index in [4.69, 9.17) is 32.7 Å². The molecular weight excluding hydrogens is 307 g/mol. The van der Waals surface area contributed by atoms with Gasteiger partial charge in [-0.05, 0) is 18.9 Å². The van der Waals surface area contributed by atoms with Gasteiger partial charge < -0.3 is 9.47 Å². The Morgan fingerprint density at radius 3 is 2.81 bits per heavy atom. The summed E-state index contributed by atoms with van der Waals surface area (Å²) in [5.74, 6) is 1.18. The first-order valence-electron chi connectivity index (χ1n) is 7.86. The van der Waals surface area contributed by atoms with E-state index in [1.54, 1.807) is 0 Å². The van der Waals surface area contributed by atoms with Gasteiger partial charge in [0.15, 0.2) is 0 Å². The zero-order chi connectivity index (χ0) is 14.7. The van der Waals surface area contributed by atoms with Crippen LogP contribution in [0.25, 0.3) is 0 Å². The van der Waals surface area contributed by atoms with Crippen molar-refractivity contribution in [2.45, 2.75) is 62.5 Å². The van der Waals surface area contributed by atoms with Crippen LogP contribution in [-0.4, -0.2) is 18.3 Å². The normalized spacial score (nSPS) is 25.0. The van der Waals surface area contributed by atoms with Crippen LogP contribution < -0.4 is 4.74 Å². The van der Waals surface area contributed by atoms with E-state index in [9.17, 15) is 0 Å². The van der Waals surface area contributed by atoms with E-state index in [2.05, 4.69) is 0 Å². The number of para-hydroxylation sites is 1. The SMILES string of the molecule is ClCc1cccc(Cl)c1OC1CCOC2(CCCCC2)C1. The molecule has 4 heteroatoms. The van der Waals surface area contributed by atoms with Gasteiger partial charge in [0, 0.05) is 18.4 Å². The summed E-state index contributed by atoms with van der Waals surface area (Å²) in [7, 11) is 0. The molecule has 2 fully saturated rings. The zero-order valence-electron chi connectivity index (χ0n) is 12.2. The molecule has 1 saturated carbocycles. The predicted molar refractivity (Wildman–Crippen MR) is 86.4 cm³/mol. The maximum atomic E-state index is 6.29. The third kappa shape index (κ3) is 3.49. The molecule has 2 aliphatic rings. The third-order valence-electron chi connectivity index (χ3n) is 4.69. The van der Waals surface area contributed by atoms with Crippen LogP contribution in [0.1, 0.15) is 50.5 Å². The Hall–Kier alpha value is -0.440. The quantitative estimate of drug-likeness (QED) is 0.697. The molecule has 1 heterocycles. The second-order valence-corrected chi connectivity index (χ2v) is 6.86. The standard InChI is InChI=1S/C17H22Cl2O2/c18-12-13-5-4-6-15(19)16(13)21-14-7-10-20-17(11-14)8-2-1-3-9-17/h4-6,14H,1-3,7-12H2. The maximum absolute atomic E-state index is 6.29. The van der Waals surface area contributed by atoms with Gasteiger partial charge in [0.1, 0.15) is 11.9 Å². The van der Waals surface area contributed by atoms with Crippen molar-refractivity contribution in [2.75, 3.05) is 6.61 Å². The summed E-state index contributed by atoms with van der Waals surface area (Å²) in [4.78, 5) is 0. The van der Waals surface area contributed by atoms with Gasteiger partial charge in [0.05, 0.1) is 23.1 Å². The van der Waals surface area contributed by atoms with Gasteiger partial charge in [-0.15, -0.1) is 11.6 Å². The topological polar surface area (TPSA) is 18.5 Å². The molecule has 0 bridgehead atoms. The lowest BCUT2D eigenvalue weighted by atomic mass is 9.79. The van der Waals surface area contributed by atoms with Crippen molar-refractivity contribution < 1.29 is 9.47 Å². The fourth-order valence-corrected chi connectivity index (χ4v) is 4.03. The van der Waals surface area contributed by atoms with E-state index in [0.29, 0.717) is 10.9 Å². The second kappa shape index (κ2) is 6.76. The van der Waals surface area contributed by atoms with Gasteiger partial charge in [-0.1, -0.05) is 43.0 Å². The molecule has 1 saturated heterocycles. The Morgan fingerprint density at radius 1 is 1.24 bits per heavy atom. The summed E-state index contributed by atoms with van der Waals surface area (Å²) in [5.41, 5.74) is 1.01. The minimum Gasteiger partial charge on any atom is -0.488 e. The predicted octanol–water partition coefficient (Wildman–Crippen LogP) is 5.34. The lowest BCUT2D eigenvalue weighted by molar-refractivity contribution is -0.129. The minimum absolute atomic E-state index is 0.0452. The van der Waals surface area contributed by atoms with Crippen molar-refractivity contribution in [1.82, 2.24) is 0 Å². The lowest BCUT2D eigenvalue weighted by Gasteiger charge is -2.43. The number of alkyl halides is 1. The van der Waals surface area contributed by atoms with Gasteiger partial charge in [-0.2, -0.15) is 0 Å². The monoisotopic (exact) mass is 328 g/mol. The van der Waals surface area contributed by atoms with E-state index >= 15 is 0 Å². The van der Waals surface area contributed by atoms with Crippen LogP contribution in [-0.2, 0) is 10.6 Å². The Bertz CT molecular complexity index is 478. The summed E-state index contributed by atoms with van der Waals surface area (Å²) in [6.07, 6.45) is 8.28. The molecule has 1 aliphatic carbocycles. The third-order valence-corrected chi connectivity index (χ3v) is 5.28. The summed E-state index contributed by atoms with van der Waals surface area (Å²) in [6.45, 7) is 0.783. The number of hydrogen-bond donors (Lipinski definition) is 0. The Kier molecular flexibility index (Phi) is 4.98. The van der Waals surface area contributed by atoms with Crippen molar-refractivity contribution in [3.8, 4) is 5.75 Å². The summed E-state index contributed by atoms with van der Waals surface area (Å²) in [6, 6.07) is 5.76. The second-order valence-electron chi connectivity index (χ2n) is 6.19. The van der Waals surface area contributed by atoms with Crippen LogP contribution in [0.5, 0.6) is 5.75 Å². The summed E-state index contributed by atoms with van der Waals surface area (Å²) >= 11 is 12.3. The number of ether oxygens (including phenoxy) is 2. The van der Waals surface area contributed by atoms with Crippen LogP contribution in [0.2, 0.25) is 5.02 Å². The fourth-order valence-electron chi connectivity index (χ4n) is 3.59. The van der Waals surface area contributed by atoms with Crippen molar-refractivity contribution in [3.63, 3.8) is 0 Å². The number of benzene rings is 1. The molecular formula is C17H22Cl2O2. The molecule has 1 aromatic carbocycles. The maximum Gasteiger partial charge on any atom is 0.142 e. The smallest absolute Gasteiger partial charge is 0.142 e. The molecule has 21 heavy (non-hydrogen) atoms. The molecule has 2 nitrogen and oxygen atoms in total. The molecule has 1 unspecified atom stereocenters. The lowest BCUT2D eigenvalue weighted by Crippen LogP contribution is -2.45. The highest BCUT2D eigenvalue weighted by molar-refractivity contribution is 6.32. The van der Waals surface area contributed by atoms with E-state index in [1.165, 1.54) is 19.3 Å². The Labute approximate surface area is 136 Å². The number of rotatable bonds is 3. The van der Waals surface area contributed by atoms with Crippen molar-refractivity contribution in [2.24, 2.45) is 0 Å². The molecule has 1 aromatic rings. The van der Waals surface area contributed by atoms with Crippen LogP contribution in [0, 0.1) is 0 Å². The molecule has 0 radical (unpaired) electrons. The van der Waals surface area contributed by atoms with Gasteiger partial charge in [-0.3, -0.25) is 0 Å². The average molecular weight is 329 g/mol. The molecule has 116 valence electrons. The molecule has 0 amide bonds. The molecule has 0 N–H and O–H groups in total. The van der Waals surface area contributed by atoms with Gasteiger partial charge in [-0.25, -0.2) is 0 Å². The van der Waals surface area contributed by atoms with Crippen LogP contribution in [0.15, 0.2) is 18.2 Å². The van der Waals surface area contributed by atoms with Gasteiger partial charge >= 0.3 is 0 Å². The minimum atomic E-state index is 0.0452. The first-order valence-corrected chi connectivity index (χ1v) is 8.78. The molecule has 0 aromatic heterocycles. The highest BCUT2D eigenvalue weighted by Gasteiger charge is 2.39. The summed E-state index contributed by atoms with van der Waals surface area (Å²) < 4.78 is 12.4.